The van der Waals surface area contributed by atoms with Crippen LogP contribution in [-0.2, 0) is 25.5 Å². The number of fused-ring (bicyclic) bond motifs is 3. The zero-order chi connectivity index (χ0) is 18.2. The summed E-state index contributed by atoms with van der Waals surface area (Å²) >= 11 is 0. The molecule has 136 valence electrons. The predicted octanol–water partition coefficient (Wildman–Crippen LogP) is 1.32. The zero-order valence-corrected chi connectivity index (χ0v) is 14.5. The standard InChI is InChI=1S/C19H24O6/c1-11(20)24-10-19-8-7-13-5-3-4-6-14(13)17(19)15(22)9-16(23)18(19)25-12(2)21/h3-6,15-18,22-23H,7-10H2,1-2H3/t15-,16-,17+,18-,19+/m0/s1. The van der Waals surface area contributed by atoms with Crippen molar-refractivity contribution >= 4 is 11.9 Å². The van der Waals surface area contributed by atoms with Crippen LogP contribution in [0, 0.1) is 5.41 Å². The lowest BCUT2D eigenvalue weighted by molar-refractivity contribution is -0.201. The molecule has 1 aromatic rings. The highest BCUT2D eigenvalue weighted by Gasteiger charge is 2.59. The maximum atomic E-state index is 11.6. The number of hydrogen-bond donors (Lipinski definition) is 2. The first kappa shape index (κ1) is 17.9. The van der Waals surface area contributed by atoms with Crippen LogP contribution in [0.1, 0.15) is 43.7 Å². The van der Waals surface area contributed by atoms with Gasteiger partial charge in [-0.1, -0.05) is 24.3 Å². The molecule has 0 unspecified atom stereocenters. The van der Waals surface area contributed by atoms with Crippen LogP contribution in [0.5, 0.6) is 0 Å². The quantitative estimate of drug-likeness (QED) is 0.801. The van der Waals surface area contributed by atoms with E-state index in [0.29, 0.717) is 12.8 Å². The lowest BCUT2D eigenvalue weighted by atomic mass is 9.55. The van der Waals surface area contributed by atoms with Crippen LogP contribution in [0.4, 0.5) is 0 Å². The average molecular weight is 348 g/mol. The highest BCUT2D eigenvalue weighted by molar-refractivity contribution is 5.67. The fourth-order valence-electron chi connectivity index (χ4n) is 4.55. The molecule has 0 bridgehead atoms. The molecule has 6 nitrogen and oxygen atoms in total. The molecule has 0 aliphatic heterocycles. The van der Waals surface area contributed by atoms with Crippen LogP contribution in [0.15, 0.2) is 24.3 Å². The van der Waals surface area contributed by atoms with Crippen molar-refractivity contribution in [3.63, 3.8) is 0 Å². The van der Waals surface area contributed by atoms with Crippen LogP contribution >= 0.6 is 0 Å². The predicted molar refractivity (Wildman–Crippen MR) is 88.8 cm³/mol. The number of aryl methyl sites for hydroxylation is 1. The smallest absolute Gasteiger partial charge is 0.303 e. The van der Waals surface area contributed by atoms with E-state index in [9.17, 15) is 19.8 Å². The monoisotopic (exact) mass is 348 g/mol. The Hall–Kier alpha value is -1.92. The highest BCUT2D eigenvalue weighted by atomic mass is 16.6. The Morgan fingerprint density at radius 2 is 1.88 bits per heavy atom. The number of hydrogen-bond acceptors (Lipinski definition) is 6. The molecular formula is C19H24O6. The van der Waals surface area contributed by atoms with Crippen molar-refractivity contribution in [1.82, 2.24) is 0 Å². The van der Waals surface area contributed by atoms with Crippen molar-refractivity contribution in [2.45, 2.75) is 57.3 Å². The van der Waals surface area contributed by atoms with E-state index in [1.54, 1.807) is 0 Å². The van der Waals surface area contributed by atoms with E-state index in [2.05, 4.69) is 0 Å². The third kappa shape index (κ3) is 3.16. The number of ether oxygens (including phenoxy) is 2. The normalized spacial score (nSPS) is 33.8. The van der Waals surface area contributed by atoms with Gasteiger partial charge >= 0.3 is 11.9 Å². The molecule has 1 fully saturated rings. The molecule has 2 aliphatic carbocycles. The van der Waals surface area contributed by atoms with Crippen LogP contribution < -0.4 is 0 Å². The summed E-state index contributed by atoms with van der Waals surface area (Å²) in [6, 6.07) is 7.82. The summed E-state index contributed by atoms with van der Waals surface area (Å²) in [5, 5.41) is 21.3. The topological polar surface area (TPSA) is 93.1 Å². The Balaban J connectivity index is 2.09. The van der Waals surface area contributed by atoms with Gasteiger partial charge in [-0.2, -0.15) is 0 Å². The second-order valence-electron chi connectivity index (χ2n) is 7.09. The fraction of sp³-hybridized carbons (Fsp3) is 0.579. The van der Waals surface area contributed by atoms with E-state index in [1.165, 1.54) is 13.8 Å². The molecule has 6 heteroatoms. The Morgan fingerprint density at radius 1 is 1.16 bits per heavy atom. The molecule has 1 aromatic carbocycles. The summed E-state index contributed by atoms with van der Waals surface area (Å²) in [7, 11) is 0. The Kier molecular flexibility index (Phi) is 4.84. The van der Waals surface area contributed by atoms with E-state index in [4.69, 9.17) is 9.47 Å². The Labute approximate surface area is 146 Å². The minimum Gasteiger partial charge on any atom is -0.465 e. The van der Waals surface area contributed by atoms with Crippen molar-refractivity contribution in [1.29, 1.82) is 0 Å². The van der Waals surface area contributed by atoms with E-state index in [-0.39, 0.29) is 18.9 Å². The molecule has 5 atom stereocenters. The van der Waals surface area contributed by atoms with Crippen LogP contribution in [0.25, 0.3) is 0 Å². The summed E-state index contributed by atoms with van der Waals surface area (Å²) in [6.07, 6.45) is -1.28. The van der Waals surface area contributed by atoms with Gasteiger partial charge in [0.1, 0.15) is 12.7 Å². The number of benzene rings is 1. The molecule has 25 heavy (non-hydrogen) atoms. The minimum atomic E-state index is -1.00. The van der Waals surface area contributed by atoms with Gasteiger partial charge in [-0.05, 0) is 24.0 Å². The minimum absolute atomic E-state index is 0.00655. The summed E-state index contributed by atoms with van der Waals surface area (Å²) < 4.78 is 10.8. The lowest BCUT2D eigenvalue weighted by Crippen LogP contribution is -2.61. The molecule has 2 N–H and O–H groups in total. The highest BCUT2D eigenvalue weighted by Crippen LogP contribution is 2.55. The lowest BCUT2D eigenvalue weighted by Gasteiger charge is -2.54. The number of aliphatic hydroxyl groups is 2. The Morgan fingerprint density at radius 3 is 2.56 bits per heavy atom. The summed E-state index contributed by atoms with van der Waals surface area (Å²) in [4.78, 5) is 23.1. The van der Waals surface area contributed by atoms with Gasteiger partial charge < -0.3 is 19.7 Å². The molecule has 1 saturated carbocycles. The SMILES string of the molecule is CC(=O)OC[C@]12CCc3ccccc3[C@@H]1[C@@H](O)C[C@H](O)[C@@H]2OC(C)=O. The van der Waals surface area contributed by atoms with Crippen molar-refractivity contribution in [3.05, 3.63) is 35.4 Å². The molecule has 0 amide bonds. The average Bonchev–Trinajstić information content (AvgIpc) is 2.56. The number of aliphatic hydroxyl groups excluding tert-OH is 2. The molecular weight excluding hydrogens is 324 g/mol. The molecule has 2 aliphatic rings. The molecule has 0 saturated heterocycles. The van der Waals surface area contributed by atoms with Gasteiger partial charge in [0.05, 0.1) is 17.6 Å². The first-order chi connectivity index (χ1) is 11.8. The third-order valence-corrected chi connectivity index (χ3v) is 5.49. The van der Waals surface area contributed by atoms with E-state index >= 15 is 0 Å². The van der Waals surface area contributed by atoms with Gasteiger partial charge in [0.2, 0.25) is 0 Å². The molecule has 0 aromatic heterocycles. The van der Waals surface area contributed by atoms with Gasteiger partial charge in [-0.3, -0.25) is 9.59 Å². The van der Waals surface area contributed by atoms with E-state index < -0.39 is 35.7 Å². The first-order valence-electron chi connectivity index (χ1n) is 8.59. The number of carbonyl (C=O) groups excluding carboxylic acids is 2. The molecule has 0 heterocycles. The van der Waals surface area contributed by atoms with Gasteiger partial charge in [0.15, 0.2) is 0 Å². The van der Waals surface area contributed by atoms with Gasteiger partial charge in [-0.15, -0.1) is 0 Å². The zero-order valence-electron chi connectivity index (χ0n) is 14.5. The van der Waals surface area contributed by atoms with Crippen molar-refractivity contribution in [2.75, 3.05) is 6.61 Å². The second kappa shape index (κ2) is 6.77. The fourth-order valence-corrected chi connectivity index (χ4v) is 4.55. The van der Waals surface area contributed by atoms with E-state index in [1.807, 2.05) is 24.3 Å². The summed E-state index contributed by atoms with van der Waals surface area (Å²) in [5.74, 6) is -1.31. The van der Waals surface area contributed by atoms with Gasteiger partial charge in [-0.25, -0.2) is 0 Å². The summed E-state index contributed by atoms with van der Waals surface area (Å²) in [5.41, 5.74) is 1.25. The largest absolute Gasteiger partial charge is 0.465 e. The molecule has 0 spiro atoms. The molecule has 3 rings (SSSR count). The third-order valence-electron chi connectivity index (χ3n) is 5.49. The van der Waals surface area contributed by atoms with Gasteiger partial charge in [0.25, 0.3) is 0 Å². The van der Waals surface area contributed by atoms with Crippen LogP contribution in [0.3, 0.4) is 0 Å². The Bertz CT molecular complexity index is 672. The maximum Gasteiger partial charge on any atom is 0.303 e. The van der Waals surface area contributed by atoms with Crippen molar-refractivity contribution in [2.24, 2.45) is 5.41 Å². The first-order valence-corrected chi connectivity index (χ1v) is 8.59. The number of rotatable bonds is 3. The maximum absolute atomic E-state index is 11.6. The van der Waals surface area contributed by atoms with E-state index in [0.717, 1.165) is 11.1 Å². The van der Waals surface area contributed by atoms with Crippen molar-refractivity contribution < 1.29 is 29.3 Å². The van der Waals surface area contributed by atoms with Crippen LogP contribution in [0.2, 0.25) is 0 Å². The molecule has 0 radical (unpaired) electrons. The van der Waals surface area contributed by atoms with Crippen LogP contribution in [-0.4, -0.2) is 47.1 Å². The van der Waals surface area contributed by atoms with Crippen molar-refractivity contribution in [3.8, 4) is 0 Å². The second-order valence-corrected chi connectivity index (χ2v) is 7.09. The van der Waals surface area contributed by atoms with Gasteiger partial charge in [0, 0.05) is 26.2 Å². The number of esters is 2. The summed E-state index contributed by atoms with van der Waals surface area (Å²) in [6.45, 7) is 2.61. The number of carbonyl (C=O) groups is 2.